The van der Waals surface area contributed by atoms with Gasteiger partial charge in [-0.2, -0.15) is 4.31 Å². The highest BCUT2D eigenvalue weighted by Crippen LogP contribution is 2.23. The lowest BCUT2D eigenvalue weighted by Crippen LogP contribution is -2.32. The fourth-order valence-corrected chi connectivity index (χ4v) is 5.28. The van der Waals surface area contributed by atoms with Crippen molar-refractivity contribution in [3.63, 3.8) is 0 Å². The summed E-state index contributed by atoms with van der Waals surface area (Å²) in [6.45, 7) is 3.71. The van der Waals surface area contributed by atoms with Crippen LogP contribution in [0.1, 0.15) is 34.0 Å². The number of fused-ring (bicyclic) bond motifs is 1. The van der Waals surface area contributed by atoms with Crippen molar-refractivity contribution in [3.05, 3.63) is 111 Å². The molecule has 0 aliphatic heterocycles. The first kappa shape index (κ1) is 24.4. The van der Waals surface area contributed by atoms with Crippen molar-refractivity contribution in [2.45, 2.75) is 31.8 Å². The maximum Gasteiger partial charge on any atom is 0.338 e. The summed E-state index contributed by atoms with van der Waals surface area (Å²) < 4.78 is 33.8. The largest absolute Gasteiger partial charge is 0.462 e. The normalized spacial score (nSPS) is 11.6. The number of rotatable bonds is 8. The minimum Gasteiger partial charge on any atom is -0.462 e. The molecule has 0 fully saturated rings. The fourth-order valence-electron chi connectivity index (χ4n) is 3.83. The molecule has 0 bridgehead atoms. The van der Waals surface area contributed by atoms with Gasteiger partial charge in [0.15, 0.2) is 0 Å². The van der Waals surface area contributed by atoms with Crippen molar-refractivity contribution in [1.82, 2.24) is 9.29 Å². The van der Waals surface area contributed by atoms with E-state index in [1.807, 2.05) is 55.5 Å². The van der Waals surface area contributed by atoms with Gasteiger partial charge in [0.25, 0.3) is 5.56 Å². The number of aromatic nitrogens is 1. The van der Waals surface area contributed by atoms with Crippen molar-refractivity contribution < 1.29 is 17.9 Å². The topological polar surface area (TPSA) is 96.5 Å². The molecule has 8 heteroatoms. The second-order valence-corrected chi connectivity index (χ2v) is 10.2. The first-order valence-electron chi connectivity index (χ1n) is 11.2. The Kier molecular flexibility index (Phi) is 7.14. The van der Waals surface area contributed by atoms with E-state index in [-0.39, 0.29) is 35.7 Å². The van der Waals surface area contributed by atoms with Gasteiger partial charge >= 0.3 is 5.97 Å². The maximum atomic E-state index is 13.8. The Bertz CT molecular complexity index is 1530. The number of nitrogens with zero attached hydrogens (tertiary/aromatic N) is 1. The number of pyridine rings is 1. The van der Waals surface area contributed by atoms with E-state index in [9.17, 15) is 18.0 Å². The molecule has 4 aromatic rings. The molecule has 0 aliphatic carbocycles. The van der Waals surface area contributed by atoms with Crippen LogP contribution in [-0.4, -0.2) is 30.3 Å². The molecule has 3 aromatic carbocycles. The monoisotopic (exact) mass is 490 g/mol. The van der Waals surface area contributed by atoms with E-state index >= 15 is 0 Å². The third-order valence-electron chi connectivity index (χ3n) is 5.61. The predicted octanol–water partition coefficient (Wildman–Crippen LogP) is 4.40. The van der Waals surface area contributed by atoms with Crippen LogP contribution < -0.4 is 5.56 Å². The summed E-state index contributed by atoms with van der Waals surface area (Å²) in [6, 6.07) is 22.3. The van der Waals surface area contributed by atoms with Gasteiger partial charge in [-0.1, -0.05) is 48.5 Å². The van der Waals surface area contributed by atoms with Gasteiger partial charge in [0.1, 0.15) is 0 Å². The van der Waals surface area contributed by atoms with E-state index in [0.29, 0.717) is 11.1 Å². The molecular weight excluding hydrogens is 464 g/mol. The third kappa shape index (κ3) is 5.50. The number of aryl methyl sites for hydroxylation is 1. The zero-order chi connectivity index (χ0) is 25.0. The second kappa shape index (κ2) is 10.2. The molecule has 0 amide bonds. The van der Waals surface area contributed by atoms with Crippen molar-refractivity contribution in [2.24, 2.45) is 0 Å². The summed E-state index contributed by atoms with van der Waals surface area (Å²) in [5.74, 6) is -0.597. The predicted molar refractivity (Wildman–Crippen MR) is 135 cm³/mol. The number of nitrogens with one attached hydrogen (secondary N) is 1. The number of ether oxygens (including phenoxy) is 1. The molecule has 0 aliphatic rings. The SMILES string of the molecule is CCOC(=O)c1cccc(S(=O)(=O)N(Cc2ccccc2)Cc2cc3ccc(C)cc3[nH]c2=O)c1. The lowest BCUT2D eigenvalue weighted by Gasteiger charge is -2.23. The van der Waals surface area contributed by atoms with Crippen molar-refractivity contribution in [3.8, 4) is 0 Å². The van der Waals surface area contributed by atoms with Crippen molar-refractivity contribution in [1.29, 1.82) is 0 Å². The van der Waals surface area contributed by atoms with Crippen LogP contribution in [0.4, 0.5) is 0 Å². The zero-order valence-electron chi connectivity index (χ0n) is 19.5. The average molecular weight is 491 g/mol. The fraction of sp³-hybridized carbons (Fsp3) is 0.185. The quantitative estimate of drug-likeness (QED) is 0.369. The van der Waals surface area contributed by atoms with Gasteiger partial charge in [0, 0.05) is 24.2 Å². The standard InChI is InChI=1S/C27H26N2O5S/c1-3-34-27(31)22-10-7-11-24(16-22)35(32,33)29(17-20-8-5-4-6-9-20)18-23-15-21-13-12-19(2)14-25(21)28-26(23)30/h4-16H,3,17-18H2,1-2H3,(H,28,30). The van der Waals surface area contributed by atoms with Gasteiger partial charge in [0.05, 0.1) is 17.1 Å². The first-order chi connectivity index (χ1) is 16.8. The Labute approximate surface area is 204 Å². The van der Waals surface area contributed by atoms with Gasteiger partial charge in [-0.3, -0.25) is 4.79 Å². The molecule has 1 aromatic heterocycles. The number of carbonyl (C=O) groups excluding carboxylic acids is 1. The number of hydrogen-bond donors (Lipinski definition) is 1. The Balaban J connectivity index is 1.76. The minimum atomic E-state index is -4.07. The van der Waals surface area contributed by atoms with Crippen LogP contribution in [0.5, 0.6) is 0 Å². The Morgan fingerprint density at radius 1 is 0.943 bits per heavy atom. The number of H-pyrrole nitrogens is 1. The summed E-state index contributed by atoms with van der Waals surface area (Å²) >= 11 is 0. The molecule has 1 heterocycles. The van der Waals surface area contributed by atoms with Crippen LogP contribution in [0.25, 0.3) is 10.9 Å². The number of benzene rings is 3. The molecule has 0 saturated heterocycles. The van der Waals surface area contributed by atoms with Gasteiger partial charge in [-0.25, -0.2) is 13.2 Å². The van der Waals surface area contributed by atoms with Crippen LogP contribution in [0.15, 0.2) is 88.6 Å². The van der Waals surface area contributed by atoms with E-state index in [0.717, 1.165) is 16.5 Å². The molecule has 0 saturated carbocycles. The number of hydrogen-bond acceptors (Lipinski definition) is 5. The van der Waals surface area contributed by atoms with Crippen LogP contribution >= 0.6 is 0 Å². The van der Waals surface area contributed by atoms with Crippen molar-refractivity contribution in [2.75, 3.05) is 6.61 Å². The molecule has 4 rings (SSSR count). The van der Waals surface area contributed by atoms with Gasteiger partial charge in [0.2, 0.25) is 10.0 Å². The molecule has 0 spiro atoms. The molecule has 0 unspecified atom stereocenters. The molecule has 7 nitrogen and oxygen atoms in total. The highest BCUT2D eigenvalue weighted by molar-refractivity contribution is 7.89. The number of aromatic amines is 1. The van der Waals surface area contributed by atoms with Gasteiger partial charge < -0.3 is 9.72 Å². The van der Waals surface area contributed by atoms with Crippen LogP contribution in [0, 0.1) is 6.92 Å². The second-order valence-electron chi connectivity index (χ2n) is 8.22. The smallest absolute Gasteiger partial charge is 0.338 e. The Hall–Kier alpha value is -3.75. The average Bonchev–Trinajstić information content (AvgIpc) is 2.85. The summed E-state index contributed by atoms with van der Waals surface area (Å²) in [4.78, 5) is 27.9. The maximum absolute atomic E-state index is 13.8. The highest BCUT2D eigenvalue weighted by atomic mass is 32.2. The van der Waals surface area contributed by atoms with Crippen molar-refractivity contribution >= 4 is 26.9 Å². The first-order valence-corrected chi connectivity index (χ1v) is 12.7. The van der Waals surface area contributed by atoms with Gasteiger partial charge in [-0.15, -0.1) is 0 Å². The van der Waals surface area contributed by atoms with E-state index < -0.39 is 16.0 Å². The molecule has 0 atom stereocenters. The highest BCUT2D eigenvalue weighted by Gasteiger charge is 2.27. The summed E-state index contributed by atoms with van der Waals surface area (Å²) in [5.41, 5.74) is 2.59. The summed E-state index contributed by atoms with van der Waals surface area (Å²) in [5, 5.41) is 0.812. The molecule has 1 N–H and O–H groups in total. The number of carbonyl (C=O) groups is 1. The van der Waals surface area contributed by atoms with Crippen LogP contribution in [0.3, 0.4) is 0 Å². The minimum absolute atomic E-state index is 0.0492. The number of esters is 1. The van der Waals surface area contributed by atoms with E-state index in [2.05, 4.69) is 4.98 Å². The number of sulfonamides is 1. The van der Waals surface area contributed by atoms with Crippen LogP contribution in [0.2, 0.25) is 0 Å². The Morgan fingerprint density at radius 3 is 2.46 bits per heavy atom. The van der Waals surface area contributed by atoms with Gasteiger partial charge in [-0.05, 0) is 60.7 Å². The lowest BCUT2D eigenvalue weighted by atomic mass is 10.1. The summed E-state index contributed by atoms with van der Waals surface area (Å²) in [6.07, 6.45) is 0. The lowest BCUT2D eigenvalue weighted by molar-refractivity contribution is 0.0526. The summed E-state index contributed by atoms with van der Waals surface area (Å²) in [7, 11) is -4.07. The molecule has 180 valence electrons. The molecular formula is C27H26N2O5S. The van der Waals surface area contributed by atoms with E-state index in [4.69, 9.17) is 4.74 Å². The molecule has 0 radical (unpaired) electrons. The Morgan fingerprint density at radius 2 is 1.71 bits per heavy atom. The third-order valence-corrected chi connectivity index (χ3v) is 7.40. The van der Waals surface area contributed by atoms with E-state index in [1.54, 1.807) is 13.0 Å². The zero-order valence-corrected chi connectivity index (χ0v) is 20.3. The van der Waals surface area contributed by atoms with E-state index in [1.165, 1.54) is 28.6 Å². The van der Waals surface area contributed by atoms with Crippen LogP contribution in [-0.2, 0) is 27.8 Å². The molecule has 35 heavy (non-hydrogen) atoms.